The number of halogens is 2. The van der Waals surface area contributed by atoms with E-state index in [9.17, 15) is 14.0 Å². The molecule has 0 bridgehead atoms. The number of ether oxygens (including phenoxy) is 1. The summed E-state index contributed by atoms with van der Waals surface area (Å²) in [5.74, 6) is -0.951. The van der Waals surface area contributed by atoms with Crippen molar-refractivity contribution in [3.05, 3.63) is 63.9 Å². The quantitative estimate of drug-likeness (QED) is 0.801. The van der Waals surface area contributed by atoms with Crippen molar-refractivity contribution in [1.82, 2.24) is 10.9 Å². The van der Waals surface area contributed by atoms with Crippen molar-refractivity contribution < 1.29 is 18.7 Å². The van der Waals surface area contributed by atoms with E-state index in [0.29, 0.717) is 5.75 Å². The predicted octanol–water partition coefficient (Wildman–Crippen LogP) is 2.74. The monoisotopic (exact) mass is 380 g/mol. The first-order valence-corrected chi connectivity index (χ1v) is 7.48. The van der Waals surface area contributed by atoms with Crippen LogP contribution in [0.3, 0.4) is 0 Å². The first kappa shape index (κ1) is 17.0. The molecule has 0 heterocycles. The Labute approximate surface area is 140 Å². The molecule has 2 rings (SSSR count). The molecule has 23 heavy (non-hydrogen) atoms. The number of carbonyl (C=O) groups excluding carboxylic acids is 2. The van der Waals surface area contributed by atoms with E-state index in [1.807, 2.05) is 13.0 Å². The van der Waals surface area contributed by atoms with Crippen molar-refractivity contribution >= 4 is 27.7 Å². The summed E-state index contributed by atoms with van der Waals surface area (Å²) in [7, 11) is 0. The summed E-state index contributed by atoms with van der Waals surface area (Å²) in [5.41, 5.74) is 5.66. The van der Waals surface area contributed by atoms with Crippen LogP contribution in [0.2, 0.25) is 0 Å². The zero-order valence-electron chi connectivity index (χ0n) is 12.2. The van der Waals surface area contributed by atoms with Gasteiger partial charge >= 0.3 is 0 Å². The lowest BCUT2D eigenvalue weighted by Crippen LogP contribution is -2.43. The van der Waals surface area contributed by atoms with Crippen LogP contribution in [0.15, 0.2) is 46.9 Å². The minimum Gasteiger partial charge on any atom is -0.484 e. The van der Waals surface area contributed by atoms with Crippen LogP contribution in [0.1, 0.15) is 15.9 Å². The van der Waals surface area contributed by atoms with Gasteiger partial charge in [0.15, 0.2) is 6.61 Å². The third kappa shape index (κ3) is 5.07. The van der Waals surface area contributed by atoms with E-state index in [2.05, 4.69) is 26.8 Å². The fourth-order valence-corrected chi connectivity index (χ4v) is 1.94. The van der Waals surface area contributed by atoms with Gasteiger partial charge in [-0.1, -0.05) is 15.9 Å². The number of hydrogen-bond donors (Lipinski definition) is 2. The van der Waals surface area contributed by atoms with E-state index in [-0.39, 0.29) is 12.2 Å². The molecule has 0 unspecified atom stereocenters. The van der Waals surface area contributed by atoms with Crippen LogP contribution in [0.25, 0.3) is 0 Å². The van der Waals surface area contributed by atoms with E-state index in [1.165, 1.54) is 12.1 Å². The zero-order valence-corrected chi connectivity index (χ0v) is 13.8. The molecule has 0 atom stereocenters. The molecule has 0 fully saturated rings. The lowest BCUT2D eigenvalue weighted by Gasteiger charge is -2.09. The predicted molar refractivity (Wildman–Crippen MR) is 86.4 cm³/mol. The molecule has 7 heteroatoms. The Morgan fingerprint density at radius 3 is 2.48 bits per heavy atom. The summed E-state index contributed by atoms with van der Waals surface area (Å²) in [6.07, 6.45) is 0. The fourth-order valence-electron chi connectivity index (χ4n) is 1.69. The second-order valence-electron chi connectivity index (χ2n) is 4.71. The van der Waals surface area contributed by atoms with Gasteiger partial charge in [0.1, 0.15) is 11.6 Å². The second-order valence-corrected chi connectivity index (χ2v) is 5.56. The van der Waals surface area contributed by atoms with Gasteiger partial charge in [-0.2, -0.15) is 0 Å². The fraction of sp³-hybridized carbons (Fsp3) is 0.125. The van der Waals surface area contributed by atoms with Crippen LogP contribution in [-0.2, 0) is 4.79 Å². The minimum absolute atomic E-state index is 0.233. The Morgan fingerprint density at radius 2 is 1.83 bits per heavy atom. The van der Waals surface area contributed by atoms with E-state index in [1.54, 1.807) is 12.1 Å². The van der Waals surface area contributed by atoms with Crippen molar-refractivity contribution in [2.45, 2.75) is 6.92 Å². The zero-order chi connectivity index (χ0) is 16.8. The molecule has 0 saturated carbocycles. The van der Waals surface area contributed by atoms with Crippen molar-refractivity contribution in [3.63, 3.8) is 0 Å². The maximum Gasteiger partial charge on any atom is 0.276 e. The summed E-state index contributed by atoms with van der Waals surface area (Å²) in [6.45, 7) is 1.66. The highest BCUT2D eigenvalue weighted by molar-refractivity contribution is 9.10. The topological polar surface area (TPSA) is 67.4 Å². The largest absolute Gasteiger partial charge is 0.484 e. The molecular weight excluding hydrogens is 367 g/mol. The van der Waals surface area contributed by atoms with E-state index < -0.39 is 17.6 Å². The number of hydrogen-bond acceptors (Lipinski definition) is 3. The van der Waals surface area contributed by atoms with Crippen LogP contribution in [0.5, 0.6) is 5.75 Å². The molecule has 0 aliphatic rings. The van der Waals surface area contributed by atoms with Crippen molar-refractivity contribution in [1.29, 1.82) is 0 Å². The molecule has 2 aromatic carbocycles. The molecular formula is C16H14BrFN2O3. The smallest absolute Gasteiger partial charge is 0.276 e. The Hall–Kier alpha value is -2.41. The van der Waals surface area contributed by atoms with Crippen LogP contribution in [0, 0.1) is 12.7 Å². The molecule has 5 nitrogen and oxygen atoms in total. The Morgan fingerprint density at radius 1 is 1.13 bits per heavy atom. The molecule has 0 spiro atoms. The summed E-state index contributed by atoms with van der Waals surface area (Å²) in [6, 6.07) is 10.3. The van der Waals surface area contributed by atoms with Gasteiger partial charge in [-0.05, 0) is 55.0 Å². The van der Waals surface area contributed by atoms with Gasteiger partial charge in [0.05, 0.1) is 0 Å². The summed E-state index contributed by atoms with van der Waals surface area (Å²) in [4.78, 5) is 23.4. The average molecular weight is 381 g/mol. The Bertz CT molecular complexity index is 720. The summed E-state index contributed by atoms with van der Waals surface area (Å²) in [5, 5.41) is 0. The molecule has 2 N–H and O–H groups in total. The standard InChI is InChI=1S/C16H14BrFN2O3/c1-10-8-13(6-7-14(10)17)23-9-15(21)19-20-16(22)11-2-4-12(18)5-3-11/h2-8H,9H2,1H3,(H,19,21)(H,20,22). The molecule has 120 valence electrons. The Kier molecular flexibility index (Phi) is 5.70. The van der Waals surface area contributed by atoms with Crippen LogP contribution >= 0.6 is 15.9 Å². The first-order chi connectivity index (χ1) is 11.0. The van der Waals surface area contributed by atoms with Crippen molar-refractivity contribution in [2.24, 2.45) is 0 Å². The van der Waals surface area contributed by atoms with Gasteiger partial charge in [0, 0.05) is 10.0 Å². The van der Waals surface area contributed by atoms with Gasteiger partial charge in [-0.3, -0.25) is 20.4 Å². The molecule has 0 aliphatic carbocycles. The molecule has 0 radical (unpaired) electrons. The number of nitrogens with one attached hydrogen (secondary N) is 2. The third-order valence-electron chi connectivity index (χ3n) is 2.92. The van der Waals surface area contributed by atoms with E-state index in [0.717, 1.165) is 22.2 Å². The van der Waals surface area contributed by atoms with Gasteiger partial charge in [0.2, 0.25) is 0 Å². The van der Waals surface area contributed by atoms with Gasteiger partial charge in [-0.15, -0.1) is 0 Å². The Balaban J connectivity index is 1.79. The van der Waals surface area contributed by atoms with Crippen molar-refractivity contribution in [2.75, 3.05) is 6.61 Å². The van der Waals surface area contributed by atoms with Crippen LogP contribution in [-0.4, -0.2) is 18.4 Å². The first-order valence-electron chi connectivity index (χ1n) is 6.69. The third-order valence-corrected chi connectivity index (χ3v) is 3.81. The highest BCUT2D eigenvalue weighted by Gasteiger charge is 2.08. The molecule has 2 amide bonds. The molecule has 0 aliphatic heterocycles. The minimum atomic E-state index is -0.544. The number of carbonyl (C=O) groups is 2. The maximum atomic E-state index is 12.8. The number of benzene rings is 2. The number of amides is 2. The van der Waals surface area contributed by atoms with Crippen LogP contribution in [0.4, 0.5) is 4.39 Å². The molecule has 0 aromatic heterocycles. The van der Waals surface area contributed by atoms with Gasteiger partial charge in [0.25, 0.3) is 11.8 Å². The highest BCUT2D eigenvalue weighted by atomic mass is 79.9. The summed E-state index contributed by atoms with van der Waals surface area (Å²) < 4.78 is 19.0. The van der Waals surface area contributed by atoms with E-state index in [4.69, 9.17) is 4.74 Å². The highest BCUT2D eigenvalue weighted by Crippen LogP contribution is 2.21. The SMILES string of the molecule is Cc1cc(OCC(=O)NNC(=O)c2ccc(F)cc2)ccc1Br. The number of rotatable bonds is 4. The van der Waals surface area contributed by atoms with Gasteiger partial charge in [-0.25, -0.2) is 4.39 Å². The maximum absolute atomic E-state index is 12.8. The second kappa shape index (κ2) is 7.73. The lowest BCUT2D eigenvalue weighted by atomic mass is 10.2. The average Bonchev–Trinajstić information content (AvgIpc) is 2.54. The molecule has 0 saturated heterocycles. The van der Waals surface area contributed by atoms with Gasteiger partial charge < -0.3 is 4.74 Å². The number of aryl methyl sites for hydroxylation is 1. The normalized spacial score (nSPS) is 10.0. The molecule has 2 aromatic rings. The van der Waals surface area contributed by atoms with Crippen LogP contribution < -0.4 is 15.6 Å². The summed E-state index contributed by atoms with van der Waals surface area (Å²) >= 11 is 3.37. The van der Waals surface area contributed by atoms with E-state index >= 15 is 0 Å². The lowest BCUT2D eigenvalue weighted by molar-refractivity contribution is -0.123. The number of hydrazine groups is 1. The van der Waals surface area contributed by atoms with Crippen molar-refractivity contribution in [3.8, 4) is 5.75 Å².